The quantitative estimate of drug-likeness (QED) is 0.733. The summed E-state index contributed by atoms with van der Waals surface area (Å²) in [4.78, 5) is 41.3. The summed E-state index contributed by atoms with van der Waals surface area (Å²) >= 11 is 0. The molecule has 164 valence electrons. The summed E-state index contributed by atoms with van der Waals surface area (Å²) in [6, 6.07) is 13.1. The monoisotopic (exact) mass is 422 g/mol. The number of rotatable bonds is 4. The molecule has 4 rings (SSSR count). The topological polar surface area (TPSA) is 86.7 Å². The lowest BCUT2D eigenvalue weighted by molar-refractivity contribution is -0.156. The van der Waals surface area contributed by atoms with Crippen LogP contribution >= 0.6 is 0 Å². The highest BCUT2D eigenvalue weighted by atomic mass is 16.4. The smallest absolute Gasteiger partial charge is 0.325 e. The van der Waals surface area contributed by atoms with Crippen molar-refractivity contribution in [2.24, 2.45) is 17.8 Å². The molecule has 5 unspecified atom stereocenters. The Hall–Kier alpha value is -2.73. The fourth-order valence-corrected chi connectivity index (χ4v) is 5.57. The van der Waals surface area contributed by atoms with E-state index < -0.39 is 34.9 Å². The molecular formula is C25H30N2O4. The van der Waals surface area contributed by atoms with Crippen LogP contribution in [-0.4, -0.2) is 38.9 Å². The van der Waals surface area contributed by atoms with E-state index in [4.69, 9.17) is 0 Å². The fourth-order valence-electron chi connectivity index (χ4n) is 5.57. The minimum atomic E-state index is -1.51. The van der Waals surface area contributed by atoms with Crippen LogP contribution in [0.1, 0.15) is 52.6 Å². The zero-order valence-electron chi connectivity index (χ0n) is 18.7. The number of amides is 2. The van der Waals surface area contributed by atoms with Crippen LogP contribution in [0.5, 0.6) is 0 Å². The first-order valence-corrected chi connectivity index (χ1v) is 10.9. The second-order valence-electron chi connectivity index (χ2n) is 9.86. The molecule has 2 aromatic rings. The lowest BCUT2D eigenvalue weighted by Crippen LogP contribution is -2.60. The number of fused-ring (bicyclic) bond motifs is 2. The molecule has 0 saturated carbocycles. The molecule has 6 heteroatoms. The third kappa shape index (κ3) is 2.92. The molecule has 2 saturated heterocycles. The molecule has 6 nitrogen and oxygen atoms in total. The molecule has 0 aromatic heterocycles. The second kappa shape index (κ2) is 7.16. The highest BCUT2D eigenvalue weighted by molar-refractivity contribution is 6.10. The van der Waals surface area contributed by atoms with Crippen molar-refractivity contribution in [1.82, 2.24) is 10.2 Å². The van der Waals surface area contributed by atoms with Crippen LogP contribution in [0.2, 0.25) is 0 Å². The Kier molecular flexibility index (Phi) is 4.97. The van der Waals surface area contributed by atoms with Crippen molar-refractivity contribution in [2.75, 3.05) is 0 Å². The van der Waals surface area contributed by atoms with Gasteiger partial charge in [-0.3, -0.25) is 24.6 Å². The molecule has 2 aliphatic rings. The van der Waals surface area contributed by atoms with Gasteiger partial charge in [-0.25, -0.2) is 0 Å². The van der Waals surface area contributed by atoms with E-state index in [1.165, 1.54) is 4.90 Å². The van der Waals surface area contributed by atoms with E-state index in [1.54, 1.807) is 0 Å². The first-order chi connectivity index (χ1) is 14.6. The summed E-state index contributed by atoms with van der Waals surface area (Å²) in [7, 11) is 0. The third-order valence-corrected chi connectivity index (χ3v) is 7.17. The molecule has 2 amide bonds. The van der Waals surface area contributed by atoms with E-state index in [0.29, 0.717) is 6.42 Å². The Balaban J connectivity index is 1.97. The van der Waals surface area contributed by atoms with Crippen molar-refractivity contribution in [3.63, 3.8) is 0 Å². The Morgan fingerprint density at radius 1 is 1.13 bits per heavy atom. The van der Waals surface area contributed by atoms with Gasteiger partial charge in [0.25, 0.3) is 0 Å². The number of imide groups is 1. The van der Waals surface area contributed by atoms with Gasteiger partial charge in [0, 0.05) is 11.6 Å². The first kappa shape index (κ1) is 21.5. The van der Waals surface area contributed by atoms with Crippen LogP contribution in [0.4, 0.5) is 0 Å². The Labute approximate surface area is 182 Å². The molecule has 2 fully saturated rings. The molecule has 2 aromatic carbocycles. The summed E-state index contributed by atoms with van der Waals surface area (Å²) in [6.45, 7) is 9.21. The predicted molar refractivity (Wildman–Crippen MR) is 118 cm³/mol. The number of hydrogen-bond donors (Lipinski definition) is 2. The zero-order chi connectivity index (χ0) is 22.7. The molecule has 5 atom stereocenters. The van der Waals surface area contributed by atoms with Crippen LogP contribution in [0, 0.1) is 17.8 Å². The molecule has 2 heterocycles. The number of nitrogens with zero attached hydrogens (tertiary/aromatic N) is 1. The number of hydrogen-bond acceptors (Lipinski definition) is 4. The van der Waals surface area contributed by atoms with Gasteiger partial charge in [-0.1, -0.05) is 62.7 Å². The van der Waals surface area contributed by atoms with Crippen molar-refractivity contribution in [2.45, 2.75) is 58.2 Å². The van der Waals surface area contributed by atoms with E-state index in [2.05, 4.69) is 5.32 Å². The van der Waals surface area contributed by atoms with Crippen LogP contribution in [0.25, 0.3) is 10.8 Å². The van der Waals surface area contributed by atoms with Gasteiger partial charge in [0.1, 0.15) is 5.54 Å². The SMILES string of the molecule is CCC(C)C1(C(=O)O)NC(c2cccc3ccccc23)C2C(=O)N(C(C)(C)C)C(=O)C21. The average molecular weight is 423 g/mol. The number of carbonyl (C=O) groups excluding carboxylic acids is 2. The number of aliphatic carboxylic acids is 1. The van der Waals surface area contributed by atoms with E-state index >= 15 is 0 Å². The van der Waals surface area contributed by atoms with E-state index in [-0.39, 0.29) is 17.7 Å². The Morgan fingerprint density at radius 3 is 2.39 bits per heavy atom. The lowest BCUT2D eigenvalue weighted by Gasteiger charge is -2.38. The Bertz CT molecular complexity index is 1070. The van der Waals surface area contributed by atoms with Crippen molar-refractivity contribution >= 4 is 28.6 Å². The fraction of sp³-hybridized carbons (Fsp3) is 0.480. The van der Waals surface area contributed by atoms with Gasteiger partial charge in [-0.2, -0.15) is 0 Å². The molecule has 0 spiro atoms. The molecule has 2 N–H and O–H groups in total. The maximum absolute atomic E-state index is 13.7. The largest absolute Gasteiger partial charge is 0.480 e. The van der Waals surface area contributed by atoms with Gasteiger partial charge in [-0.05, 0) is 43.0 Å². The highest BCUT2D eigenvalue weighted by Crippen LogP contribution is 2.53. The number of likely N-dealkylation sites (tertiary alicyclic amines) is 1. The van der Waals surface area contributed by atoms with Crippen molar-refractivity contribution in [3.8, 4) is 0 Å². The number of carboxylic acid groups (broad SMARTS) is 1. The highest BCUT2D eigenvalue weighted by Gasteiger charge is 2.70. The number of nitrogens with one attached hydrogen (secondary N) is 1. The molecule has 0 radical (unpaired) electrons. The number of benzene rings is 2. The van der Waals surface area contributed by atoms with Crippen LogP contribution < -0.4 is 5.32 Å². The van der Waals surface area contributed by atoms with Crippen LogP contribution in [0.3, 0.4) is 0 Å². The Morgan fingerprint density at radius 2 is 1.77 bits per heavy atom. The maximum Gasteiger partial charge on any atom is 0.325 e. The summed E-state index contributed by atoms with van der Waals surface area (Å²) in [5.74, 6) is -3.80. The summed E-state index contributed by atoms with van der Waals surface area (Å²) in [6.07, 6.45) is 0.571. The van der Waals surface area contributed by atoms with Crippen molar-refractivity contribution in [1.29, 1.82) is 0 Å². The molecule has 2 aliphatic heterocycles. The van der Waals surface area contributed by atoms with E-state index in [0.717, 1.165) is 16.3 Å². The van der Waals surface area contributed by atoms with Crippen LogP contribution in [0.15, 0.2) is 42.5 Å². The van der Waals surface area contributed by atoms with Gasteiger partial charge in [0.15, 0.2) is 0 Å². The lowest BCUT2D eigenvalue weighted by atomic mass is 9.71. The number of carboxylic acids is 1. The van der Waals surface area contributed by atoms with Gasteiger partial charge in [0.2, 0.25) is 11.8 Å². The average Bonchev–Trinajstić information content (AvgIpc) is 3.21. The van der Waals surface area contributed by atoms with Crippen molar-refractivity contribution in [3.05, 3.63) is 48.0 Å². The minimum absolute atomic E-state index is 0.292. The maximum atomic E-state index is 13.7. The van der Waals surface area contributed by atoms with Gasteiger partial charge >= 0.3 is 5.97 Å². The number of carbonyl (C=O) groups is 3. The molecular weight excluding hydrogens is 392 g/mol. The second-order valence-corrected chi connectivity index (χ2v) is 9.86. The van der Waals surface area contributed by atoms with Gasteiger partial charge in [0.05, 0.1) is 11.8 Å². The van der Waals surface area contributed by atoms with Gasteiger partial charge in [-0.15, -0.1) is 0 Å². The third-order valence-electron chi connectivity index (χ3n) is 7.17. The molecule has 0 bridgehead atoms. The first-order valence-electron chi connectivity index (χ1n) is 10.9. The van der Waals surface area contributed by atoms with Gasteiger partial charge < -0.3 is 5.11 Å². The predicted octanol–water partition coefficient (Wildman–Crippen LogP) is 3.75. The summed E-state index contributed by atoms with van der Waals surface area (Å²) < 4.78 is 0. The standard InChI is InChI=1S/C25H30N2O4/c1-6-14(2)25(23(30)31)19-18(21(28)27(22(19)29)24(3,4)5)20(26-25)17-13-9-11-15-10-7-8-12-16(15)17/h7-14,18-20,26H,6H2,1-5H3,(H,30,31). The summed E-state index contributed by atoms with van der Waals surface area (Å²) in [5, 5.41) is 15.7. The molecule has 0 aliphatic carbocycles. The zero-order valence-corrected chi connectivity index (χ0v) is 18.7. The van der Waals surface area contributed by atoms with Crippen molar-refractivity contribution < 1.29 is 19.5 Å². The minimum Gasteiger partial charge on any atom is -0.480 e. The normalized spacial score (nSPS) is 29.5. The van der Waals surface area contributed by atoms with E-state index in [1.807, 2.05) is 77.1 Å². The van der Waals surface area contributed by atoms with E-state index in [9.17, 15) is 19.5 Å². The van der Waals surface area contributed by atoms with Crippen LogP contribution in [-0.2, 0) is 14.4 Å². The molecule has 31 heavy (non-hydrogen) atoms. The summed E-state index contributed by atoms with van der Waals surface area (Å²) in [5.41, 5.74) is -1.37.